The number of amides is 2. The van der Waals surface area contributed by atoms with Gasteiger partial charge in [-0.3, -0.25) is 9.59 Å². The molecule has 2 amide bonds. The molecule has 2 rings (SSSR count). The van der Waals surface area contributed by atoms with Crippen molar-refractivity contribution in [2.75, 3.05) is 11.9 Å². The van der Waals surface area contributed by atoms with Crippen LogP contribution in [0.1, 0.15) is 38.1 Å². The molecule has 0 radical (unpaired) electrons. The molecule has 0 aliphatic carbocycles. The predicted molar refractivity (Wildman–Crippen MR) is 126 cm³/mol. The normalized spacial score (nSPS) is 13.0. The van der Waals surface area contributed by atoms with Crippen molar-refractivity contribution in [3.8, 4) is 5.75 Å². The van der Waals surface area contributed by atoms with Gasteiger partial charge >= 0.3 is 5.97 Å². The first kappa shape index (κ1) is 26.8. The number of benzene rings is 2. The second-order valence-corrected chi connectivity index (χ2v) is 9.35. The lowest BCUT2D eigenvalue weighted by atomic mass is 10.0. The minimum Gasteiger partial charge on any atom is -0.494 e. The number of nitrogens with one attached hydrogen (secondary N) is 2. The average molecular weight is 492 g/mol. The zero-order valence-electron chi connectivity index (χ0n) is 19.4. The van der Waals surface area contributed by atoms with Crippen LogP contribution in [0.15, 0.2) is 53.4 Å². The van der Waals surface area contributed by atoms with E-state index in [2.05, 4.69) is 10.6 Å². The minimum atomic E-state index is -3.86. The van der Waals surface area contributed by atoms with Crippen LogP contribution in [0.3, 0.4) is 0 Å². The van der Waals surface area contributed by atoms with E-state index in [1.54, 1.807) is 38.1 Å². The number of anilines is 1. The van der Waals surface area contributed by atoms with Crippen molar-refractivity contribution in [1.82, 2.24) is 5.32 Å². The van der Waals surface area contributed by atoms with Gasteiger partial charge in [-0.25, -0.2) is 18.4 Å². The molecule has 0 aliphatic heterocycles. The van der Waals surface area contributed by atoms with Crippen molar-refractivity contribution in [2.24, 2.45) is 11.1 Å². The summed E-state index contributed by atoms with van der Waals surface area (Å²) in [6.45, 7) is 7.21. The van der Waals surface area contributed by atoms with Gasteiger partial charge in [0.05, 0.1) is 11.5 Å². The van der Waals surface area contributed by atoms with Crippen molar-refractivity contribution in [3.63, 3.8) is 0 Å². The van der Waals surface area contributed by atoms with Crippen LogP contribution in [-0.4, -0.2) is 45.0 Å². The Balaban J connectivity index is 1.99. The molecule has 0 saturated heterocycles. The number of sulfonamides is 1. The van der Waals surface area contributed by atoms with Gasteiger partial charge in [-0.05, 0) is 68.3 Å². The van der Waals surface area contributed by atoms with Gasteiger partial charge in [0.1, 0.15) is 11.8 Å². The summed E-state index contributed by atoms with van der Waals surface area (Å²) in [5.41, 5.74) is 0.639. The molecule has 11 heteroatoms. The SMILES string of the molecule is CCOc1ccc(C(=O)NC(C(=O)OC(C)C(=O)Nc2ccc(S(N)(=O)=O)cc2)C(C)C)cc1. The molecule has 2 atom stereocenters. The van der Waals surface area contributed by atoms with Crippen LogP contribution in [0.4, 0.5) is 5.69 Å². The van der Waals surface area contributed by atoms with Gasteiger partial charge < -0.3 is 20.1 Å². The van der Waals surface area contributed by atoms with Crippen LogP contribution in [-0.2, 0) is 24.3 Å². The number of primary sulfonamides is 1. The number of nitrogens with two attached hydrogens (primary N) is 1. The van der Waals surface area contributed by atoms with Crippen molar-refractivity contribution >= 4 is 33.5 Å². The highest BCUT2D eigenvalue weighted by Gasteiger charge is 2.29. The Kier molecular flexibility index (Phi) is 9.16. The molecule has 184 valence electrons. The highest BCUT2D eigenvalue weighted by Crippen LogP contribution is 2.15. The highest BCUT2D eigenvalue weighted by atomic mass is 32.2. The lowest BCUT2D eigenvalue weighted by Gasteiger charge is -2.23. The van der Waals surface area contributed by atoms with Crippen molar-refractivity contribution in [1.29, 1.82) is 0 Å². The molecule has 2 unspecified atom stereocenters. The van der Waals surface area contributed by atoms with E-state index in [1.165, 1.54) is 31.2 Å². The minimum absolute atomic E-state index is 0.104. The van der Waals surface area contributed by atoms with E-state index in [4.69, 9.17) is 14.6 Å². The molecule has 34 heavy (non-hydrogen) atoms. The van der Waals surface area contributed by atoms with E-state index in [-0.39, 0.29) is 10.8 Å². The maximum atomic E-state index is 12.7. The Bertz CT molecular complexity index is 1110. The number of carbonyl (C=O) groups excluding carboxylic acids is 3. The van der Waals surface area contributed by atoms with Gasteiger partial charge in [0, 0.05) is 11.3 Å². The predicted octanol–water partition coefficient (Wildman–Crippen LogP) is 2.06. The standard InChI is InChI=1S/C23H29N3O7S/c1-5-32-18-10-6-16(7-11-18)22(28)26-20(14(2)3)23(29)33-15(4)21(27)25-17-8-12-19(13-9-17)34(24,30)31/h6-15,20H,5H2,1-4H3,(H,25,27)(H,26,28)(H2,24,30,31). The van der Waals surface area contributed by atoms with Gasteiger partial charge in [-0.1, -0.05) is 13.8 Å². The zero-order valence-corrected chi connectivity index (χ0v) is 20.2. The topological polar surface area (TPSA) is 154 Å². The Morgan fingerprint density at radius 3 is 2.06 bits per heavy atom. The van der Waals surface area contributed by atoms with Crippen LogP contribution in [0, 0.1) is 5.92 Å². The molecule has 0 bridgehead atoms. The summed E-state index contributed by atoms with van der Waals surface area (Å²) < 4.78 is 33.3. The number of esters is 1. The second kappa shape index (κ2) is 11.6. The molecule has 0 aromatic heterocycles. The fourth-order valence-corrected chi connectivity index (χ4v) is 3.38. The third kappa shape index (κ3) is 7.56. The van der Waals surface area contributed by atoms with E-state index in [0.717, 1.165) is 0 Å². The Labute approximate surface area is 198 Å². The van der Waals surface area contributed by atoms with Crippen molar-refractivity contribution in [3.05, 3.63) is 54.1 Å². The van der Waals surface area contributed by atoms with Crippen molar-refractivity contribution in [2.45, 2.75) is 44.7 Å². The van der Waals surface area contributed by atoms with E-state index in [0.29, 0.717) is 23.6 Å². The number of hydrogen-bond acceptors (Lipinski definition) is 7. The molecule has 4 N–H and O–H groups in total. The van der Waals surface area contributed by atoms with Gasteiger partial charge in [0.2, 0.25) is 10.0 Å². The van der Waals surface area contributed by atoms with Crippen LogP contribution in [0.25, 0.3) is 0 Å². The molecule has 0 fully saturated rings. The van der Waals surface area contributed by atoms with E-state index in [9.17, 15) is 22.8 Å². The molecule has 0 spiro atoms. The highest BCUT2D eigenvalue weighted by molar-refractivity contribution is 7.89. The van der Waals surface area contributed by atoms with Crippen molar-refractivity contribution < 1.29 is 32.3 Å². The molecule has 0 saturated carbocycles. The number of rotatable bonds is 10. The monoisotopic (exact) mass is 491 g/mol. The first-order chi connectivity index (χ1) is 15.9. The second-order valence-electron chi connectivity index (χ2n) is 7.79. The summed E-state index contributed by atoms with van der Waals surface area (Å²) >= 11 is 0. The molecule has 2 aromatic rings. The van der Waals surface area contributed by atoms with E-state index < -0.39 is 40.0 Å². The van der Waals surface area contributed by atoms with E-state index in [1.807, 2.05) is 6.92 Å². The Morgan fingerprint density at radius 1 is 0.971 bits per heavy atom. The smallest absolute Gasteiger partial charge is 0.329 e. The molecule has 2 aromatic carbocycles. The molecular formula is C23H29N3O7S. The lowest BCUT2D eigenvalue weighted by molar-refractivity contribution is -0.156. The number of hydrogen-bond donors (Lipinski definition) is 3. The molecule has 0 heterocycles. The third-order valence-corrected chi connectivity index (χ3v) is 5.68. The fraction of sp³-hybridized carbons (Fsp3) is 0.348. The van der Waals surface area contributed by atoms with E-state index >= 15 is 0 Å². The molecule has 0 aliphatic rings. The van der Waals surface area contributed by atoms with Gasteiger partial charge in [-0.2, -0.15) is 0 Å². The summed E-state index contributed by atoms with van der Waals surface area (Å²) in [6.07, 6.45) is -1.17. The Hall–Kier alpha value is -3.44. The van der Waals surface area contributed by atoms with Crippen LogP contribution >= 0.6 is 0 Å². The first-order valence-corrected chi connectivity index (χ1v) is 12.1. The van der Waals surface area contributed by atoms with Crippen LogP contribution in [0.2, 0.25) is 0 Å². The van der Waals surface area contributed by atoms with Gasteiger partial charge in [-0.15, -0.1) is 0 Å². The van der Waals surface area contributed by atoms with Crippen LogP contribution < -0.4 is 20.5 Å². The molecular weight excluding hydrogens is 462 g/mol. The maximum absolute atomic E-state index is 12.7. The van der Waals surface area contributed by atoms with Crippen LogP contribution in [0.5, 0.6) is 5.75 Å². The summed E-state index contributed by atoms with van der Waals surface area (Å²) in [6, 6.07) is 10.7. The third-order valence-electron chi connectivity index (χ3n) is 4.75. The first-order valence-electron chi connectivity index (χ1n) is 10.6. The zero-order chi connectivity index (χ0) is 25.5. The quantitative estimate of drug-likeness (QED) is 0.430. The summed E-state index contributed by atoms with van der Waals surface area (Å²) in [4.78, 5) is 37.6. The van der Waals surface area contributed by atoms with Gasteiger partial charge in [0.15, 0.2) is 6.10 Å². The largest absolute Gasteiger partial charge is 0.494 e. The maximum Gasteiger partial charge on any atom is 0.329 e. The summed E-state index contributed by atoms with van der Waals surface area (Å²) in [7, 11) is -3.86. The molecule has 10 nitrogen and oxygen atoms in total. The number of carbonyl (C=O) groups is 3. The lowest BCUT2D eigenvalue weighted by Crippen LogP contribution is -2.47. The van der Waals surface area contributed by atoms with Gasteiger partial charge in [0.25, 0.3) is 11.8 Å². The summed E-state index contributed by atoms with van der Waals surface area (Å²) in [5, 5.41) is 10.2. The average Bonchev–Trinajstić information content (AvgIpc) is 2.77. The fourth-order valence-electron chi connectivity index (χ4n) is 2.86. The Morgan fingerprint density at radius 2 is 1.56 bits per heavy atom. The number of ether oxygens (including phenoxy) is 2. The summed E-state index contributed by atoms with van der Waals surface area (Å²) in [5.74, 6) is -1.54.